The number of halogens is 2. The van der Waals surface area contributed by atoms with Gasteiger partial charge in [0.15, 0.2) is 12.4 Å². The number of benzene rings is 2. The van der Waals surface area contributed by atoms with Crippen LogP contribution in [0.3, 0.4) is 0 Å². The second-order valence-electron chi connectivity index (χ2n) is 6.21. The van der Waals surface area contributed by atoms with Crippen molar-refractivity contribution in [3.8, 4) is 11.5 Å². The third-order valence-corrected chi connectivity index (χ3v) is 4.44. The van der Waals surface area contributed by atoms with Crippen molar-refractivity contribution in [2.45, 2.75) is 26.2 Å². The van der Waals surface area contributed by atoms with Gasteiger partial charge in [-0.1, -0.05) is 30.1 Å². The number of Topliss-reactive ketones (excluding diaryl/α,β-unsaturated/α-hetero) is 1. The third-order valence-electron chi connectivity index (χ3n) is 3.91. The molecule has 0 heterocycles. The Morgan fingerprint density at radius 3 is 2.30 bits per heavy atom. The van der Waals surface area contributed by atoms with Gasteiger partial charge in [-0.25, -0.2) is 0 Å². The van der Waals surface area contributed by atoms with Gasteiger partial charge in [-0.3, -0.25) is 25.2 Å². The zero-order chi connectivity index (χ0) is 21.9. The average molecular weight is 453 g/mol. The summed E-state index contributed by atoms with van der Waals surface area (Å²) in [5.41, 5.74) is 5.16. The van der Waals surface area contributed by atoms with Gasteiger partial charge in [-0.2, -0.15) is 0 Å². The fourth-order valence-corrected chi connectivity index (χ4v) is 2.80. The molecule has 2 N–H and O–H groups in total. The van der Waals surface area contributed by atoms with E-state index >= 15 is 0 Å². The van der Waals surface area contributed by atoms with Gasteiger partial charge in [0, 0.05) is 23.4 Å². The highest BCUT2D eigenvalue weighted by Gasteiger charge is 2.08. The van der Waals surface area contributed by atoms with Gasteiger partial charge in [-0.15, -0.1) is 0 Å². The highest BCUT2D eigenvalue weighted by atomic mass is 35.5. The second kappa shape index (κ2) is 12.0. The van der Waals surface area contributed by atoms with Crippen LogP contribution in [0.15, 0.2) is 42.5 Å². The maximum absolute atomic E-state index is 11.8. The largest absolute Gasteiger partial charge is 0.492 e. The van der Waals surface area contributed by atoms with Crippen LogP contribution in [0.2, 0.25) is 10.0 Å². The van der Waals surface area contributed by atoms with Crippen LogP contribution < -0.4 is 20.3 Å². The molecule has 0 aliphatic carbocycles. The molecule has 0 saturated carbocycles. The van der Waals surface area contributed by atoms with Crippen LogP contribution in [-0.4, -0.2) is 30.8 Å². The van der Waals surface area contributed by atoms with Crippen LogP contribution >= 0.6 is 23.2 Å². The van der Waals surface area contributed by atoms with Gasteiger partial charge in [-0.05, 0) is 48.9 Å². The lowest BCUT2D eigenvalue weighted by Crippen LogP contribution is -2.43. The Kier molecular flexibility index (Phi) is 9.44. The SMILES string of the molecule is CCC(=O)c1ccc(OCC(=O)NNC(=O)CCCOc2ccc(Cl)cc2Cl)cc1. The predicted octanol–water partition coefficient (Wildman–Crippen LogP) is 3.97. The van der Waals surface area contributed by atoms with E-state index < -0.39 is 5.91 Å². The Hall–Kier alpha value is -2.77. The molecule has 0 unspecified atom stereocenters. The number of carbonyl (C=O) groups is 3. The molecule has 0 saturated heterocycles. The van der Waals surface area contributed by atoms with Gasteiger partial charge in [0.25, 0.3) is 5.91 Å². The van der Waals surface area contributed by atoms with E-state index in [1.807, 2.05) is 0 Å². The molecule has 160 valence electrons. The van der Waals surface area contributed by atoms with Crippen LogP contribution in [0, 0.1) is 0 Å². The smallest absolute Gasteiger partial charge is 0.276 e. The quantitative estimate of drug-likeness (QED) is 0.323. The minimum absolute atomic E-state index is 0.0312. The van der Waals surface area contributed by atoms with Crippen molar-refractivity contribution in [3.63, 3.8) is 0 Å². The Morgan fingerprint density at radius 1 is 0.933 bits per heavy atom. The first-order valence-corrected chi connectivity index (χ1v) is 10.1. The van der Waals surface area contributed by atoms with E-state index in [1.165, 1.54) is 0 Å². The molecule has 0 atom stereocenters. The minimum atomic E-state index is -0.513. The summed E-state index contributed by atoms with van der Waals surface area (Å²) in [5.74, 6) is 0.0858. The molecule has 2 amide bonds. The number of amides is 2. The number of hydrazine groups is 1. The average Bonchev–Trinajstić information content (AvgIpc) is 2.74. The van der Waals surface area contributed by atoms with Gasteiger partial charge in [0.2, 0.25) is 5.91 Å². The number of ether oxygens (including phenoxy) is 2. The fourth-order valence-electron chi connectivity index (χ4n) is 2.34. The lowest BCUT2D eigenvalue weighted by Gasteiger charge is -2.10. The molecule has 0 radical (unpaired) electrons. The zero-order valence-electron chi connectivity index (χ0n) is 16.4. The molecule has 0 aromatic heterocycles. The summed E-state index contributed by atoms with van der Waals surface area (Å²) in [6.07, 6.45) is 1.00. The molecule has 0 aliphatic heterocycles. The second-order valence-corrected chi connectivity index (χ2v) is 7.06. The van der Waals surface area contributed by atoms with Crippen LogP contribution in [0.5, 0.6) is 11.5 Å². The molecule has 2 aromatic rings. The minimum Gasteiger partial charge on any atom is -0.492 e. The maximum Gasteiger partial charge on any atom is 0.276 e. The number of carbonyl (C=O) groups excluding carboxylic acids is 3. The fraction of sp³-hybridized carbons (Fsp3) is 0.286. The van der Waals surface area contributed by atoms with E-state index in [0.29, 0.717) is 39.9 Å². The first-order valence-electron chi connectivity index (χ1n) is 9.30. The normalized spacial score (nSPS) is 10.2. The predicted molar refractivity (Wildman–Crippen MR) is 114 cm³/mol. The highest BCUT2D eigenvalue weighted by molar-refractivity contribution is 6.35. The molecule has 0 spiro atoms. The maximum atomic E-state index is 11.8. The van der Waals surface area contributed by atoms with Crippen molar-refractivity contribution in [2.75, 3.05) is 13.2 Å². The number of rotatable bonds is 10. The lowest BCUT2D eigenvalue weighted by atomic mass is 10.1. The summed E-state index contributed by atoms with van der Waals surface area (Å²) in [5, 5.41) is 0.904. The Balaban J connectivity index is 1.61. The summed E-state index contributed by atoms with van der Waals surface area (Å²) in [4.78, 5) is 35.1. The Morgan fingerprint density at radius 2 is 1.63 bits per heavy atom. The van der Waals surface area contributed by atoms with Gasteiger partial charge in [0.05, 0.1) is 11.6 Å². The molecule has 9 heteroatoms. The molecular weight excluding hydrogens is 431 g/mol. The number of hydrogen-bond donors (Lipinski definition) is 2. The molecule has 0 fully saturated rings. The number of hydrogen-bond acceptors (Lipinski definition) is 5. The summed E-state index contributed by atoms with van der Waals surface area (Å²) in [6, 6.07) is 11.4. The van der Waals surface area contributed by atoms with E-state index in [4.69, 9.17) is 32.7 Å². The molecule has 7 nitrogen and oxygen atoms in total. The standard InChI is InChI=1S/C21H22Cl2N2O5/c1-2-18(26)14-5-8-16(9-6-14)30-13-21(28)25-24-20(27)4-3-11-29-19-10-7-15(22)12-17(19)23/h5-10,12H,2-4,11,13H2,1H3,(H,24,27)(H,25,28). The van der Waals surface area contributed by atoms with Crippen LogP contribution in [0.25, 0.3) is 0 Å². The van der Waals surface area contributed by atoms with Crippen molar-refractivity contribution in [2.24, 2.45) is 0 Å². The van der Waals surface area contributed by atoms with Gasteiger partial charge >= 0.3 is 0 Å². The third kappa shape index (κ3) is 7.93. The first-order chi connectivity index (χ1) is 14.4. The van der Waals surface area contributed by atoms with E-state index in [9.17, 15) is 14.4 Å². The molecule has 2 rings (SSSR count). The van der Waals surface area contributed by atoms with Gasteiger partial charge in [0.1, 0.15) is 11.5 Å². The monoisotopic (exact) mass is 452 g/mol. The summed E-state index contributed by atoms with van der Waals surface area (Å²) < 4.78 is 10.8. The summed E-state index contributed by atoms with van der Waals surface area (Å²) in [7, 11) is 0. The van der Waals surface area contributed by atoms with Crippen molar-refractivity contribution >= 4 is 40.8 Å². The highest BCUT2D eigenvalue weighted by Crippen LogP contribution is 2.27. The van der Waals surface area contributed by atoms with Crippen molar-refractivity contribution in [3.05, 3.63) is 58.1 Å². The lowest BCUT2D eigenvalue weighted by molar-refractivity contribution is -0.130. The molecule has 0 aliphatic rings. The van der Waals surface area contributed by atoms with E-state index in [0.717, 1.165) is 0 Å². The summed E-state index contributed by atoms with van der Waals surface area (Å²) in [6.45, 7) is 1.79. The zero-order valence-corrected chi connectivity index (χ0v) is 17.9. The van der Waals surface area contributed by atoms with E-state index in [2.05, 4.69) is 10.9 Å². The van der Waals surface area contributed by atoms with E-state index in [1.54, 1.807) is 49.4 Å². The summed E-state index contributed by atoms with van der Waals surface area (Å²) >= 11 is 11.8. The Bertz CT molecular complexity index is 887. The molecule has 2 aromatic carbocycles. The van der Waals surface area contributed by atoms with Crippen molar-refractivity contribution < 1.29 is 23.9 Å². The molecule has 30 heavy (non-hydrogen) atoms. The van der Waals surface area contributed by atoms with Crippen molar-refractivity contribution in [1.29, 1.82) is 0 Å². The van der Waals surface area contributed by atoms with Crippen molar-refractivity contribution in [1.82, 2.24) is 10.9 Å². The van der Waals surface area contributed by atoms with E-state index in [-0.39, 0.29) is 31.3 Å². The topological polar surface area (TPSA) is 93.7 Å². The molecular formula is C21H22Cl2N2O5. The number of ketones is 1. The van der Waals surface area contributed by atoms with Gasteiger partial charge < -0.3 is 9.47 Å². The Labute approximate surface area is 184 Å². The first kappa shape index (κ1) is 23.5. The van der Waals surface area contributed by atoms with Crippen LogP contribution in [0.1, 0.15) is 36.5 Å². The number of nitrogens with one attached hydrogen (secondary N) is 2. The van der Waals surface area contributed by atoms with Crippen LogP contribution in [0.4, 0.5) is 0 Å². The molecule has 0 bridgehead atoms. The van der Waals surface area contributed by atoms with Crippen LogP contribution in [-0.2, 0) is 9.59 Å².